The summed E-state index contributed by atoms with van der Waals surface area (Å²) in [5.74, 6) is -2.54. The van der Waals surface area contributed by atoms with Gasteiger partial charge in [-0.05, 0) is 35.9 Å². The molecule has 3 aromatic rings. The highest BCUT2D eigenvalue weighted by molar-refractivity contribution is 6.35. The van der Waals surface area contributed by atoms with Crippen LogP contribution in [0.2, 0.25) is 10.0 Å². The summed E-state index contributed by atoms with van der Waals surface area (Å²) in [6, 6.07) is 10.8. The molecule has 0 radical (unpaired) electrons. The van der Waals surface area contributed by atoms with Crippen molar-refractivity contribution in [2.24, 2.45) is 0 Å². The van der Waals surface area contributed by atoms with Gasteiger partial charge in [0.2, 0.25) is 0 Å². The van der Waals surface area contributed by atoms with E-state index < -0.39 is 18.4 Å². The Labute approximate surface area is 185 Å². The minimum absolute atomic E-state index is 0.130. The monoisotopic (exact) mass is 469 g/mol. The number of hydrogen-bond donors (Lipinski definition) is 1. The van der Waals surface area contributed by atoms with Crippen LogP contribution in [-0.2, 0) is 9.53 Å². The van der Waals surface area contributed by atoms with Crippen LogP contribution < -0.4 is 0 Å². The predicted molar refractivity (Wildman–Crippen MR) is 110 cm³/mol. The molecule has 0 fully saturated rings. The van der Waals surface area contributed by atoms with Crippen LogP contribution in [-0.4, -0.2) is 40.8 Å². The minimum atomic E-state index is -5.12. The molecule has 162 valence electrons. The number of nitrogens with zero attached hydrogens (tertiary/aromatic N) is 2. The number of hydrogen-bond acceptors (Lipinski definition) is 4. The molecule has 1 aliphatic rings. The summed E-state index contributed by atoms with van der Waals surface area (Å²) in [5, 5.41) is 7.20. The fraction of sp³-hybridized carbons (Fsp3) is 0.238. The van der Waals surface area contributed by atoms with Gasteiger partial charge in [0.1, 0.15) is 0 Å². The molecule has 0 saturated heterocycles. The molecular formula is C21H16Cl2F3N3O2. The number of carbonyl (C=O) groups is 1. The topological polar surface area (TPSA) is 58.2 Å². The van der Waals surface area contributed by atoms with E-state index >= 15 is 0 Å². The summed E-state index contributed by atoms with van der Waals surface area (Å²) in [5.41, 5.74) is 3.63. The van der Waals surface area contributed by atoms with Gasteiger partial charge >= 0.3 is 12.1 Å². The molecule has 0 saturated carbocycles. The molecule has 1 aliphatic heterocycles. The Hall–Kier alpha value is -2.55. The number of aromatic nitrogens is 2. The van der Waals surface area contributed by atoms with Gasteiger partial charge in [-0.15, -0.1) is 0 Å². The highest BCUT2D eigenvalue weighted by atomic mass is 35.5. The molecule has 1 N–H and O–H groups in total. The molecule has 2 heterocycles. The molecule has 0 bridgehead atoms. The van der Waals surface area contributed by atoms with Crippen molar-refractivity contribution in [1.82, 2.24) is 15.1 Å². The smallest absolute Gasteiger partial charge is 0.435 e. The van der Waals surface area contributed by atoms with Crippen LogP contribution in [0.3, 0.4) is 0 Å². The molecule has 1 unspecified atom stereocenters. The highest BCUT2D eigenvalue weighted by Gasteiger charge is 2.45. The summed E-state index contributed by atoms with van der Waals surface area (Å²) in [6.07, 6.45) is -2.95. The summed E-state index contributed by atoms with van der Waals surface area (Å²) in [7, 11) is 1.58. The SMILES string of the molecule is CN1C[C@@H](c2cccc(-c3cn[nH]c3)c2)c2cc(Cl)cc(Cl)c2C1OC(=O)C(F)(F)F. The van der Waals surface area contributed by atoms with Crippen molar-refractivity contribution in [2.75, 3.05) is 13.6 Å². The number of halogens is 5. The standard InChI is InChI=1S/C21H16Cl2F3N3O2/c1-29-10-16(12-4-2-3-11(5-12)13-8-27-28-9-13)15-6-14(22)7-17(23)18(15)19(29)31-20(30)21(24,25)26/h2-9,16,19H,10H2,1H3,(H,27,28)/t16-,19?/m0/s1. The van der Waals surface area contributed by atoms with Gasteiger partial charge in [0.05, 0.1) is 11.2 Å². The van der Waals surface area contributed by atoms with Crippen molar-refractivity contribution >= 4 is 29.2 Å². The first-order valence-electron chi connectivity index (χ1n) is 9.21. The number of rotatable bonds is 3. The average Bonchev–Trinajstić information content (AvgIpc) is 3.24. The average molecular weight is 470 g/mol. The first-order valence-corrected chi connectivity index (χ1v) is 9.96. The summed E-state index contributed by atoms with van der Waals surface area (Å²) >= 11 is 12.6. The van der Waals surface area contributed by atoms with Gasteiger partial charge in [-0.3, -0.25) is 10.00 Å². The second-order valence-electron chi connectivity index (χ2n) is 7.25. The molecule has 31 heavy (non-hydrogen) atoms. The number of nitrogens with one attached hydrogen (secondary N) is 1. The Morgan fingerprint density at radius 2 is 2.00 bits per heavy atom. The van der Waals surface area contributed by atoms with E-state index in [1.165, 1.54) is 11.0 Å². The maximum Gasteiger partial charge on any atom is 0.490 e. The Bertz CT molecular complexity index is 1120. The maximum absolute atomic E-state index is 12.8. The molecule has 4 rings (SSSR count). The number of likely N-dealkylation sites (N-methyl/N-ethyl adjacent to an activating group) is 1. The molecular weight excluding hydrogens is 454 g/mol. The van der Waals surface area contributed by atoms with E-state index in [2.05, 4.69) is 10.2 Å². The Balaban J connectivity index is 1.79. The van der Waals surface area contributed by atoms with Gasteiger partial charge in [0.15, 0.2) is 6.23 Å². The number of ether oxygens (including phenoxy) is 1. The third-order valence-electron chi connectivity index (χ3n) is 5.19. The van der Waals surface area contributed by atoms with Crippen LogP contribution in [0, 0.1) is 0 Å². The van der Waals surface area contributed by atoms with E-state index in [1.54, 1.807) is 25.5 Å². The molecule has 2 atom stereocenters. The summed E-state index contributed by atoms with van der Waals surface area (Å²) in [4.78, 5) is 13.1. The molecule has 0 spiro atoms. The van der Waals surface area contributed by atoms with E-state index in [9.17, 15) is 18.0 Å². The van der Waals surface area contributed by atoms with Gasteiger partial charge in [0, 0.05) is 34.8 Å². The zero-order valence-electron chi connectivity index (χ0n) is 16.1. The molecule has 0 amide bonds. The lowest BCUT2D eigenvalue weighted by Gasteiger charge is -2.39. The molecule has 0 aliphatic carbocycles. The predicted octanol–water partition coefficient (Wildman–Crippen LogP) is 5.56. The van der Waals surface area contributed by atoms with E-state index in [0.717, 1.165) is 16.7 Å². The lowest BCUT2D eigenvalue weighted by Crippen LogP contribution is -2.40. The fourth-order valence-corrected chi connectivity index (χ4v) is 4.40. The number of H-pyrrole nitrogens is 1. The molecule has 10 heteroatoms. The minimum Gasteiger partial charge on any atom is -0.435 e. The Kier molecular flexibility index (Phi) is 5.72. The number of benzene rings is 2. The quantitative estimate of drug-likeness (QED) is 0.509. The largest absolute Gasteiger partial charge is 0.490 e. The van der Waals surface area contributed by atoms with Crippen LogP contribution in [0.15, 0.2) is 48.8 Å². The number of aromatic amines is 1. The van der Waals surface area contributed by atoms with Crippen LogP contribution >= 0.6 is 23.2 Å². The zero-order valence-corrected chi connectivity index (χ0v) is 17.6. The van der Waals surface area contributed by atoms with Crippen LogP contribution in [0.1, 0.15) is 28.8 Å². The van der Waals surface area contributed by atoms with E-state index in [0.29, 0.717) is 10.6 Å². The number of esters is 1. The molecule has 5 nitrogen and oxygen atoms in total. The van der Waals surface area contributed by atoms with Crippen molar-refractivity contribution in [3.63, 3.8) is 0 Å². The van der Waals surface area contributed by atoms with E-state index in [4.69, 9.17) is 27.9 Å². The van der Waals surface area contributed by atoms with Crippen LogP contribution in [0.25, 0.3) is 11.1 Å². The first kappa shape index (κ1) is 21.7. The van der Waals surface area contributed by atoms with E-state index in [1.807, 2.05) is 24.3 Å². The Morgan fingerprint density at radius 1 is 1.23 bits per heavy atom. The van der Waals surface area contributed by atoms with Gasteiger partial charge < -0.3 is 4.74 Å². The summed E-state index contributed by atoms with van der Waals surface area (Å²) in [6.45, 7) is 0.286. The van der Waals surface area contributed by atoms with Crippen LogP contribution in [0.4, 0.5) is 13.2 Å². The van der Waals surface area contributed by atoms with Crippen molar-refractivity contribution in [1.29, 1.82) is 0 Å². The van der Waals surface area contributed by atoms with Crippen molar-refractivity contribution in [3.05, 3.63) is 75.5 Å². The van der Waals surface area contributed by atoms with E-state index in [-0.39, 0.29) is 23.0 Å². The second kappa shape index (κ2) is 8.18. The van der Waals surface area contributed by atoms with Crippen molar-refractivity contribution in [3.8, 4) is 11.1 Å². The van der Waals surface area contributed by atoms with Gasteiger partial charge in [-0.25, -0.2) is 4.79 Å². The summed E-state index contributed by atoms with van der Waals surface area (Å²) < 4.78 is 43.3. The molecule has 1 aromatic heterocycles. The third kappa shape index (κ3) is 4.28. The lowest BCUT2D eigenvalue weighted by atomic mass is 9.83. The van der Waals surface area contributed by atoms with Crippen molar-refractivity contribution in [2.45, 2.75) is 18.3 Å². The molecule has 2 aromatic carbocycles. The van der Waals surface area contributed by atoms with Gasteiger partial charge in [0.25, 0.3) is 0 Å². The van der Waals surface area contributed by atoms with Gasteiger partial charge in [-0.2, -0.15) is 18.3 Å². The maximum atomic E-state index is 12.8. The second-order valence-corrected chi connectivity index (χ2v) is 8.09. The Morgan fingerprint density at radius 3 is 2.68 bits per heavy atom. The lowest BCUT2D eigenvalue weighted by molar-refractivity contribution is -0.213. The fourth-order valence-electron chi connectivity index (χ4n) is 3.80. The van der Waals surface area contributed by atoms with Crippen LogP contribution in [0.5, 0.6) is 0 Å². The normalized spacial score (nSPS) is 19.2. The highest BCUT2D eigenvalue weighted by Crippen LogP contribution is 2.45. The number of fused-ring (bicyclic) bond motifs is 1. The van der Waals surface area contributed by atoms with Gasteiger partial charge in [-0.1, -0.05) is 47.5 Å². The number of carbonyl (C=O) groups excluding carboxylic acids is 1. The number of alkyl halides is 3. The van der Waals surface area contributed by atoms with Crippen molar-refractivity contribution < 1.29 is 22.7 Å². The zero-order chi connectivity index (χ0) is 22.3. The first-order chi connectivity index (χ1) is 14.6. The third-order valence-corrected chi connectivity index (χ3v) is 5.72.